The first kappa shape index (κ1) is 17.1. The highest BCUT2D eigenvalue weighted by Gasteiger charge is 2.35. The molecule has 27 heavy (non-hydrogen) atoms. The van der Waals surface area contributed by atoms with Crippen LogP contribution < -0.4 is 10.1 Å². The second-order valence-corrected chi connectivity index (χ2v) is 5.85. The number of benzene rings is 2. The number of nitrogens with zero attached hydrogens (tertiary/aromatic N) is 2. The molecular formula is C18H11F4N3O2. The fourth-order valence-corrected chi connectivity index (χ4v) is 2.75. The third kappa shape index (κ3) is 3.23. The van der Waals surface area contributed by atoms with E-state index in [4.69, 9.17) is 4.74 Å². The van der Waals surface area contributed by atoms with Crippen molar-refractivity contribution in [1.82, 2.24) is 9.78 Å². The molecule has 0 fully saturated rings. The topological polar surface area (TPSA) is 56.1 Å². The maximum atomic E-state index is 13.2. The second-order valence-electron chi connectivity index (χ2n) is 5.85. The largest absolute Gasteiger partial charge is 0.482 e. The summed E-state index contributed by atoms with van der Waals surface area (Å²) in [5.74, 6) is -0.456. The lowest BCUT2D eigenvalue weighted by atomic mass is 10.1. The highest BCUT2D eigenvalue weighted by Crippen LogP contribution is 2.36. The zero-order valence-electron chi connectivity index (χ0n) is 13.5. The van der Waals surface area contributed by atoms with E-state index in [-0.39, 0.29) is 23.9 Å². The summed E-state index contributed by atoms with van der Waals surface area (Å²) in [5.41, 5.74) is 0.0485. The monoisotopic (exact) mass is 377 g/mol. The fourth-order valence-electron chi connectivity index (χ4n) is 2.75. The number of anilines is 1. The Bertz CT molecular complexity index is 1030. The van der Waals surface area contributed by atoms with Gasteiger partial charge in [-0.2, -0.15) is 18.3 Å². The molecule has 0 bridgehead atoms. The van der Waals surface area contributed by atoms with Crippen LogP contribution in [0, 0.1) is 5.82 Å². The van der Waals surface area contributed by atoms with Crippen molar-refractivity contribution < 1.29 is 27.1 Å². The molecule has 0 unspecified atom stereocenters. The Morgan fingerprint density at radius 3 is 2.52 bits per heavy atom. The van der Waals surface area contributed by atoms with Crippen LogP contribution in [0.15, 0.2) is 48.5 Å². The first-order valence-corrected chi connectivity index (χ1v) is 7.81. The van der Waals surface area contributed by atoms with E-state index in [1.165, 1.54) is 18.2 Å². The van der Waals surface area contributed by atoms with Gasteiger partial charge < -0.3 is 10.1 Å². The summed E-state index contributed by atoms with van der Waals surface area (Å²) < 4.78 is 59.1. The number of carbonyl (C=O) groups excluding carboxylic acids is 1. The number of hydrogen-bond acceptors (Lipinski definition) is 3. The predicted molar refractivity (Wildman–Crippen MR) is 88.1 cm³/mol. The van der Waals surface area contributed by atoms with Crippen LogP contribution in [0.4, 0.5) is 23.2 Å². The lowest BCUT2D eigenvalue weighted by molar-refractivity contribution is -0.141. The van der Waals surface area contributed by atoms with Crippen molar-refractivity contribution in [3.63, 3.8) is 0 Å². The van der Waals surface area contributed by atoms with Crippen LogP contribution in [0.5, 0.6) is 5.75 Å². The van der Waals surface area contributed by atoms with Gasteiger partial charge in [-0.3, -0.25) is 4.79 Å². The van der Waals surface area contributed by atoms with Crippen molar-refractivity contribution in [3.05, 3.63) is 60.0 Å². The van der Waals surface area contributed by atoms with Crippen LogP contribution in [-0.2, 0) is 11.0 Å². The fraction of sp³-hybridized carbons (Fsp3) is 0.111. The molecule has 4 rings (SSSR count). The van der Waals surface area contributed by atoms with E-state index >= 15 is 0 Å². The third-order valence-electron chi connectivity index (χ3n) is 3.98. The first-order chi connectivity index (χ1) is 12.8. The van der Waals surface area contributed by atoms with E-state index in [0.29, 0.717) is 17.0 Å². The lowest BCUT2D eigenvalue weighted by Gasteiger charge is -2.18. The Morgan fingerprint density at radius 1 is 1.07 bits per heavy atom. The molecular weight excluding hydrogens is 366 g/mol. The normalized spacial score (nSPS) is 13.7. The van der Waals surface area contributed by atoms with Gasteiger partial charge in [-0.1, -0.05) is 0 Å². The Kier molecular flexibility index (Phi) is 3.87. The van der Waals surface area contributed by atoms with Crippen LogP contribution in [0.2, 0.25) is 0 Å². The molecule has 138 valence electrons. The average Bonchev–Trinajstić information content (AvgIpc) is 3.07. The number of ether oxygens (including phenoxy) is 1. The van der Waals surface area contributed by atoms with Crippen LogP contribution in [-0.4, -0.2) is 22.3 Å². The first-order valence-electron chi connectivity index (χ1n) is 7.81. The molecule has 1 amide bonds. The van der Waals surface area contributed by atoms with Crippen LogP contribution in [0.1, 0.15) is 5.69 Å². The number of amides is 1. The van der Waals surface area contributed by atoms with Crippen molar-refractivity contribution in [2.24, 2.45) is 0 Å². The van der Waals surface area contributed by atoms with Crippen molar-refractivity contribution in [2.45, 2.75) is 6.18 Å². The summed E-state index contributed by atoms with van der Waals surface area (Å²) in [6, 6.07) is 10.4. The number of nitrogens with one attached hydrogen (secondary N) is 1. The number of aromatic nitrogens is 2. The lowest BCUT2D eigenvalue weighted by Crippen LogP contribution is -2.25. The standard InChI is InChI=1S/C18H11F4N3O2/c19-11-2-4-12(5-3-11)25-14(8-16(24-25)18(20,21)22)10-1-6-15-13(7-10)23-17(26)9-27-15/h1-8H,9H2,(H,23,26). The van der Waals surface area contributed by atoms with Gasteiger partial charge in [0.2, 0.25) is 0 Å². The molecule has 3 aromatic rings. The van der Waals surface area contributed by atoms with E-state index in [1.54, 1.807) is 12.1 Å². The molecule has 2 aromatic carbocycles. The molecule has 0 aliphatic carbocycles. The molecule has 0 saturated carbocycles. The molecule has 1 N–H and O–H groups in total. The summed E-state index contributed by atoms with van der Waals surface area (Å²) in [4.78, 5) is 11.5. The third-order valence-corrected chi connectivity index (χ3v) is 3.98. The van der Waals surface area contributed by atoms with Gasteiger partial charge in [0.05, 0.1) is 17.1 Å². The van der Waals surface area contributed by atoms with Gasteiger partial charge in [-0.15, -0.1) is 0 Å². The number of carbonyl (C=O) groups is 1. The van der Waals surface area contributed by atoms with E-state index in [2.05, 4.69) is 10.4 Å². The predicted octanol–water partition coefficient (Wildman–Crippen LogP) is 4.03. The van der Waals surface area contributed by atoms with E-state index in [0.717, 1.165) is 22.9 Å². The van der Waals surface area contributed by atoms with Gasteiger partial charge in [-0.05, 0) is 48.5 Å². The summed E-state index contributed by atoms with van der Waals surface area (Å²) in [5, 5.41) is 6.24. The second kappa shape index (κ2) is 6.11. The van der Waals surface area contributed by atoms with Crippen LogP contribution in [0.3, 0.4) is 0 Å². The van der Waals surface area contributed by atoms with Gasteiger partial charge in [0.25, 0.3) is 5.91 Å². The Labute approximate surface area is 150 Å². The zero-order valence-corrected chi connectivity index (χ0v) is 13.5. The van der Waals surface area contributed by atoms with Crippen molar-refractivity contribution in [2.75, 3.05) is 11.9 Å². The zero-order chi connectivity index (χ0) is 19.2. The Hall–Kier alpha value is -3.36. The van der Waals surface area contributed by atoms with E-state index in [1.807, 2.05) is 0 Å². The Morgan fingerprint density at radius 2 is 1.81 bits per heavy atom. The number of halogens is 4. The molecule has 2 heterocycles. The molecule has 1 aliphatic heterocycles. The van der Waals surface area contributed by atoms with Gasteiger partial charge in [-0.25, -0.2) is 9.07 Å². The summed E-state index contributed by atoms with van der Waals surface area (Å²) in [6.07, 6.45) is -4.65. The minimum atomic E-state index is -4.65. The van der Waals surface area contributed by atoms with E-state index in [9.17, 15) is 22.4 Å². The summed E-state index contributed by atoms with van der Waals surface area (Å²) in [7, 11) is 0. The van der Waals surface area contributed by atoms with Crippen molar-refractivity contribution >= 4 is 11.6 Å². The summed E-state index contributed by atoms with van der Waals surface area (Å²) in [6.45, 7) is -0.127. The van der Waals surface area contributed by atoms with Gasteiger partial charge in [0.1, 0.15) is 11.6 Å². The number of rotatable bonds is 2. The minimum Gasteiger partial charge on any atom is -0.482 e. The highest BCUT2D eigenvalue weighted by atomic mass is 19.4. The van der Waals surface area contributed by atoms with Gasteiger partial charge >= 0.3 is 6.18 Å². The maximum Gasteiger partial charge on any atom is 0.435 e. The molecule has 0 atom stereocenters. The minimum absolute atomic E-state index is 0.127. The molecule has 5 nitrogen and oxygen atoms in total. The quantitative estimate of drug-likeness (QED) is 0.686. The van der Waals surface area contributed by atoms with Crippen molar-refractivity contribution in [1.29, 1.82) is 0 Å². The smallest absolute Gasteiger partial charge is 0.435 e. The van der Waals surface area contributed by atoms with Gasteiger partial charge in [0.15, 0.2) is 12.3 Å². The van der Waals surface area contributed by atoms with Gasteiger partial charge in [0, 0.05) is 5.56 Å². The summed E-state index contributed by atoms with van der Waals surface area (Å²) >= 11 is 0. The Balaban J connectivity index is 1.86. The highest BCUT2D eigenvalue weighted by molar-refractivity contribution is 5.96. The van der Waals surface area contributed by atoms with Crippen LogP contribution in [0.25, 0.3) is 16.9 Å². The molecule has 0 saturated heterocycles. The molecule has 0 radical (unpaired) electrons. The van der Waals surface area contributed by atoms with E-state index < -0.39 is 17.7 Å². The molecule has 1 aromatic heterocycles. The molecule has 1 aliphatic rings. The van der Waals surface area contributed by atoms with Crippen LogP contribution >= 0.6 is 0 Å². The average molecular weight is 377 g/mol. The molecule has 0 spiro atoms. The number of hydrogen-bond donors (Lipinski definition) is 1. The number of fused-ring (bicyclic) bond motifs is 1. The SMILES string of the molecule is O=C1COc2ccc(-c3cc(C(F)(F)F)nn3-c3ccc(F)cc3)cc2N1. The molecule has 9 heteroatoms. The number of alkyl halides is 3. The maximum absolute atomic E-state index is 13.2. The van der Waals surface area contributed by atoms with Crippen molar-refractivity contribution in [3.8, 4) is 22.7 Å².